The smallest absolute Gasteiger partial charge is 0.287 e. The van der Waals surface area contributed by atoms with Crippen LogP contribution in [0.4, 0.5) is 0 Å². The summed E-state index contributed by atoms with van der Waals surface area (Å²) in [7, 11) is 10.3. The van der Waals surface area contributed by atoms with Crippen molar-refractivity contribution in [1.29, 1.82) is 0 Å². The van der Waals surface area contributed by atoms with Crippen molar-refractivity contribution in [2.75, 3.05) is 0 Å². The highest BCUT2D eigenvalue weighted by Gasteiger charge is 2.33. The number of hydrogen-bond acceptors (Lipinski definition) is 7. The molecule has 10 aromatic heterocycles. The molecule has 0 saturated carbocycles. The van der Waals surface area contributed by atoms with Gasteiger partial charge in [-0.15, -0.1) is 0 Å². The van der Waals surface area contributed by atoms with Gasteiger partial charge < -0.3 is 13.7 Å². The van der Waals surface area contributed by atoms with Crippen molar-refractivity contribution in [3.63, 3.8) is 0 Å². The topological polar surface area (TPSA) is 134 Å². The molecular weight excluding hydrogens is 1690 g/mol. The first-order valence-electron chi connectivity index (χ1n) is 50.6. The molecule has 17 nitrogen and oxygen atoms in total. The zero-order valence-corrected chi connectivity index (χ0v) is 81.4. The lowest BCUT2D eigenvalue weighted by Gasteiger charge is -2.13. The van der Waals surface area contributed by atoms with Gasteiger partial charge in [0.2, 0.25) is 17.1 Å². The Hall–Kier alpha value is -15.9. The molecule has 0 amide bonds. The number of para-hydroxylation sites is 3. The molecule has 17 heteroatoms. The Morgan fingerprint density at radius 3 is 1.13 bits per heavy atom. The Morgan fingerprint density at radius 2 is 0.645 bits per heavy atom. The molecule has 0 radical (unpaired) electrons. The van der Waals surface area contributed by atoms with Crippen molar-refractivity contribution in [1.82, 2.24) is 57.7 Å². The monoisotopic (exact) mass is 1810 g/mol. The summed E-state index contributed by atoms with van der Waals surface area (Å²) in [4.78, 5) is 33.6. The third kappa shape index (κ3) is 13.9. The van der Waals surface area contributed by atoms with Crippen LogP contribution >= 0.6 is 0 Å². The minimum Gasteiger partial charge on any atom is -0.303 e. The Morgan fingerprint density at radius 1 is 0.290 bits per heavy atom. The van der Waals surface area contributed by atoms with Gasteiger partial charge in [0.15, 0.2) is 29.6 Å². The maximum atomic E-state index is 8.24. The van der Waals surface area contributed by atoms with Crippen LogP contribution in [0.1, 0.15) is 135 Å². The van der Waals surface area contributed by atoms with E-state index in [-0.39, 0.29) is 0 Å². The molecule has 22 aromatic rings. The second-order valence-electron chi connectivity index (χ2n) is 38.7. The second-order valence-corrected chi connectivity index (χ2v) is 38.7. The highest BCUT2D eigenvalue weighted by Crippen LogP contribution is 2.45. The van der Waals surface area contributed by atoms with E-state index in [4.69, 9.17) is 28.2 Å². The molecule has 15 heterocycles. The fourth-order valence-electron chi connectivity index (χ4n) is 22.1. The summed E-state index contributed by atoms with van der Waals surface area (Å²) in [6.07, 6.45) is 22.6. The van der Waals surface area contributed by atoms with Gasteiger partial charge in [-0.1, -0.05) is 114 Å². The molecule has 0 bridgehead atoms. The van der Waals surface area contributed by atoms with Gasteiger partial charge in [0.25, 0.3) is 12.7 Å². The minimum absolute atomic E-state index is 0.333. The number of aryl methyl sites for hydroxylation is 13. The molecule has 12 aromatic carbocycles. The van der Waals surface area contributed by atoms with Crippen molar-refractivity contribution >= 4 is 128 Å². The first kappa shape index (κ1) is 79.5. The molecule has 0 fully saturated rings. The van der Waals surface area contributed by atoms with Crippen LogP contribution in [0.5, 0.6) is 0 Å². The lowest BCUT2D eigenvalue weighted by molar-refractivity contribution is -0.662. The summed E-state index contributed by atoms with van der Waals surface area (Å²) in [5.74, 6) is 5.21. The van der Waals surface area contributed by atoms with E-state index in [0.29, 0.717) is 22.2 Å². The van der Waals surface area contributed by atoms with Gasteiger partial charge in [0, 0.05) is 88.3 Å². The third-order valence-electron chi connectivity index (χ3n) is 29.6. The van der Waals surface area contributed by atoms with E-state index in [9.17, 15) is 0 Å². The van der Waals surface area contributed by atoms with E-state index >= 15 is 0 Å². The van der Waals surface area contributed by atoms with Crippen molar-refractivity contribution in [2.45, 2.75) is 136 Å². The Bertz CT molecular complexity index is 9450. The number of fused-ring (bicyclic) bond motifs is 24. The van der Waals surface area contributed by atoms with Crippen molar-refractivity contribution in [3.05, 3.63) is 361 Å². The van der Waals surface area contributed by atoms with E-state index in [0.717, 1.165) is 155 Å². The van der Waals surface area contributed by atoms with E-state index in [1.807, 2.05) is 91.6 Å². The maximum absolute atomic E-state index is 8.24. The fraction of sp³-hybridized carbons (Fsp3) is 0.207. The van der Waals surface area contributed by atoms with E-state index in [2.05, 4.69) is 344 Å². The minimum atomic E-state index is -2.26. The average molecular weight is 1810 g/mol. The van der Waals surface area contributed by atoms with Crippen LogP contribution in [0.15, 0.2) is 249 Å². The summed E-state index contributed by atoms with van der Waals surface area (Å²) < 4.78 is 71.0. The molecule has 676 valence electrons. The normalized spacial score (nSPS) is 13.8. The van der Waals surface area contributed by atoms with Crippen LogP contribution in [-0.2, 0) is 67.3 Å². The molecule has 5 aliphatic rings. The lowest BCUT2D eigenvalue weighted by atomic mass is 9.95. The van der Waals surface area contributed by atoms with Gasteiger partial charge in [-0.2, -0.15) is 0 Å². The fourth-order valence-corrected chi connectivity index (χ4v) is 22.1. The summed E-state index contributed by atoms with van der Waals surface area (Å²) >= 11 is 0. The van der Waals surface area contributed by atoms with Gasteiger partial charge in [0.05, 0.1) is 124 Å². The molecule has 0 N–H and O–H groups in total. The van der Waals surface area contributed by atoms with Gasteiger partial charge in [0.1, 0.15) is 61.7 Å². The summed E-state index contributed by atoms with van der Waals surface area (Å²) in [6, 6.07) is 71.2. The first-order chi connectivity index (χ1) is 69.1. The van der Waals surface area contributed by atoms with Crippen LogP contribution in [0, 0.1) is 89.9 Å². The van der Waals surface area contributed by atoms with E-state index in [1.54, 1.807) is 6.33 Å². The number of hydrogen-bond donors (Lipinski definition) is 0. The molecule has 0 aliphatic carbocycles. The van der Waals surface area contributed by atoms with Crippen molar-refractivity contribution < 1.29 is 31.1 Å². The number of pyridine rings is 3. The zero-order valence-electron chi connectivity index (χ0n) is 87.4. The zero-order chi connectivity index (χ0) is 100. The maximum Gasteiger partial charge on any atom is 0.287 e. The van der Waals surface area contributed by atoms with Crippen molar-refractivity contribution in [2.24, 2.45) is 35.2 Å². The standard InChI is InChI=1S/C27H24N3.C25H21N4.C24H24N3.C23H23N4.C22H20N3/c1-16-9-10-21-19(13-16)11-12-29(4)27(21)22-15-24-26(18(3)17(22)2)28-25-14-20-7-5-6-8-23(20)30(24)25;1-15-16(2)24-22(29-21-11-7-4-8-17(21)12-23(29)27-24)13-19(15)25-18-9-5-6-10-20(18)26-14-28(25)3;1-14-6-7-19-18(10-14)8-9-26(5)24(19)20-12-21-23(17(4)16(20)3)25-22-11-15(2)13-27(21)22;1-13-6-7-17-19(8-13)24-12-26(5)23(17)18-10-20-22(16(4)15(18)3)25-21-9-14(2)11-27(20)21;1-14-15(2)21-19(25-11-6-9-20(25)23-21)13-18(14)22-17-8-5-4-7-16(17)10-12-24(22)3/h5-13,15H,14H2,1-4H3;4-11,13-14H,12H2,1-3H3;6-10,12-13H,11H2,1-5H3;6-8,10-12H,9H2,1-5H3;4-8,10-13H,9H2,1-3H3/q5*+1/i;;;4D3;2D3. The number of nitrogens with zero attached hydrogens (tertiary/aromatic N) is 17. The highest BCUT2D eigenvalue weighted by atomic mass is 15.1. The number of allylic oxidation sites excluding steroid dienone is 3. The largest absolute Gasteiger partial charge is 0.303 e. The molecule has 0 unspecified atom stereocenters. The first-order valence-corrected chi connectivity index (χ1v) is 47.6. The predicted octanol–water partition coefficient (Wildman–Crippen LogP) is 23.9. The van der Waals surface area contributed by atoms with Gasteiger partial charge in [-0.3, -0.25) is 9.13 Å². The number of rotatable bonds is 5. The molecule has 0 spiro atoms. The molecular formula is C121H112N17+5. The van der Waals surface area contributed by atoms with Crippen LogP contribution < -0.4 is 22.8 Å². The SMILES string of the molecule is CC1=Cn2c(nc3c(C)c(C)c(-c4c5ccc(C)cc5cc[n+]4C)cc32)C1.Cc1c(-c2c3ccccc3nc[n+]2C)cc2c(nc3n2-c2ccccc2C3)c1C.Cc1ccc2c(-c3cc4c(nc5n4-c4ccccc4C5)c(C)c3C)[n+](C)ccc2c1.[2H]C([2H])([2H])c1c(C)c(-c2c3ccc(C)cc3nc[n+]2C)cc2c1nc1n2C=C(C)C1.[2H]C([2H])([2H])c1c(C)c(-c2c3ccccc3cc[n+]2C)cc2c1nc1n2C=CC1. The second kappa shape index (κ2) is 33.0. The summed E-state index contributed by atoms with van der Waals surface area (Å²) in [5.41, 5.74) is 44.4. The number of imidazole rings is 5. The number of aromatic nitrogens is 17. The Labute approximate surface area is 811 Å². The summed E-state index contributed by atoms with van der Waals surface area (Å²) in [6.45, 7) is 23.2. The quantitative estimate of drug-likeness (QED) is 0.157. The Balaban J connectivity index is 0.0000000997. The molecule has 27 rings (SSSR count). The van der Waals surface area contributed by atoms with Gasteiger partial charge >= 0.3 is 0 Å². The van der Waals surface area contributed by atoms with Crippen LogP contribution in [-0.4, -0.2) is 57.7 Å². The van der Waals surface area contributed by atoms with Crippen LogP contribution in [0.2, 0.25) is 0 Å². The van der Waals surface area contributed by atoms with Crippen LogP contribution in [0.3, 0.4) is 0 Å². The lowest BCUT2D eigenvalue weighted by Crippen LogP contribution is -2.32. The molecule has 0 atom stereocenters. The Kier molecular flexibility index (Phi) is 19.0. The van der Waals surface area contributed by atoms with Crippen molar-refractivity contribution in [3.8, 4) is 67.7 Å². The third-order valence-corrected chi connectivity index (χ3v) is 29.6. The highest BCUT2D eigenvalue weighted by molar-refractivity contribution is 6.03. The molecule has 0 saturated heterocycles. The van der Waals surface area contributed by atoms with Gasteiger partial charge in [-0.05, 0) is 298 Å². The van der Waals surface area contributed by atoms with E-state index in [1.165, 1.54) is 155 Å². The predicted molar refractivity (Wildman–Crippen MR) is 561 cm³/mol. The molecule has 5 aliphatic heterocycles. The number of benzene rings is 12. The molecule has 138 heavy (non-hydrogen) atoms. The van der Waals surface area contributed by atoms with Crippen LogP contribution in [0.25, 0.3) is 196 Å². The summed E-state index contributed by atoms with van der Waals surface area (Å²) in [5, 5.41) is 9.54. The van der Waals surface area contributed by atoms with E-state index < -0.39 is 13.7 Å². The van der Waals surface area contributed by atoms with Gasteiger partial charge in [-0.25, -0.2) is 47.8 Å². The average Bonchev–Trinajstić information content (AvgIpc) is 1.58.